The Kier molecular flexibility index (Phi) is 7.18. The van der Waals surface area contributed by atoms with Crippen molar-refractivity contribution in [1.82, 2.24) is 14.8 Å². The van der Waals surface area contributed by atoms with Crippen LogP contribution in [0.15, 0.2) is 18.5 Å². The number of rotatable bonds is 0. The zero-order chi connectivity index (χ0) is 12.6. The highest BCUT2D eigenvalue weighted by atomic mass is 15.2. The van der Waals surface area contributed by atoms with Gasteiger partial charge in [0.1, 0.15) is 5.52 Å². The maximum absolute atomic E-state index is 4.21. The summed E-state index contributed by atoms with van der Waals surface area (Å²) in [6.45, 7) is 10.2. The smallest absolute Gasteiger partial charge is 0.111 e. The largest absolute Gasteiger partial charge is 0.275 e. The Morgan fingerprint density at radius 1 is 1.25 bits per heavy atom. The zero-order valence-electron chi connectivity index (χ0n) is 11.3. The van der Waals surface area contributed by atoms with E-state index < -0.39 is 0 Å². The molecule has 0 amide bonds. The highest BCUT2D eigenvalue weighted by Crippen LogP contribution is 2.10. The lowest BCUT2D eigenvalue weighted by Crippen LogP contribution is -1.84. The number of pyridine rings is 1. The number of hydrogen-bond acceptors (Lipinski definition) is 2. The number of hydrogen-bond donors (Lipinski definition) is 0. The topological polar surface area (TPSA) is 30.7 Å². The van der Waals surface area contributed by atoms with Gasteiger partial charge in [-0.15, -0.1) is 0 Å². The average molecular weight is 221 g/mol. The van der Waals surface area contributed by atoms with Gasteiger partial charge in [-0.2, -0.15) is 5.10 Å². The Labute approximate surface area is 98.5 Å². The Balaban J connectivity index is 0.000000394. The molecule has 0 aromatic carbocycles. The number of aryl methyl sites for hydroxylation is 2. The van der Waals surface area contributed by atoms with Crippen LogP contribution >= 0.6 is 0 Å². The number of aromatic nitrogens is 3. The van der Waals surface area contributed by atoms with Crippen molar-refractivity contribution in [2.45, 2.75) is 41.0 Å². The van der Waals surface area contributed by atoms with E-state index in [4.69, 9.17) is 0 Å². The molecule has 2 aromatic heterocycles. The number of nitrogens with zero attached hydrogens (tertiary/aromatic N) is 3. The minimum absolute atomic E-state index is 0.957. The summed E-state index contributed by atoms with van der Waals surface area (Å²) < 4.78 is 1.80. The molecule has 3 nitrogen and oxygen atoms in total. The van der Waals surface area contributed by atoms with Gasteiger partial charge in [-0.3, -0.25) is 9.67 Å². The summed E-state index contributed by atoms with van der Waals surface area (Å²) in [5.74, 6) is 0. The van der Waals surface area contributed by atoms with Gasteiger partial charge in [0.05, 0.1) is 6.20 Å². The molecule has 0 saturated carbocycles. The molecule has 0 spiro atoms. The molecule has 2 heterocycles. The molecule has 0 atom stereocenters. The quantitative estimate of drug-likeness (QED) is 0.679. The van der Waals surface area contributed by atoms with Crippen molar-refractivity contribution >= 4 is 10.9 Å². The predicted molar refractivity (Wildman–Crippen MR) is 70.6 cm³/mol. The van der Waals surface area contributed by atoms with E-state index in [9.17, 15) is 0 Å². The molecule has 0 fully saturated rings. The van der Waals surface area contributed by atoms with E-state index >= 15 is 0 Å². The molecule has 2 aromatic rings. The molecular formula is C13H23N3. The van der Waals surface area contributed by atoms with Gasteiger partial charge in [0.2, 0.25) is 0 Å². The SMILES string of the molecule is CC.CCC.Cc1cc2cn(C)nc2cn1. The third-order valence-electron chi connectivity index (χ3n) is 1.64. The normalized spacial score (nSPS) is 8.88. The third kappa shape index (κ3) is 4.43. The Morgan fingerprint density at radius 3 is 2.38 bits per heavy atom. The van der Waals surface area contributed by atoms with Crippen LogP contribution in [-0.2, 0) is 7.05 Å². The fourth-order valence-electron chi connectivity index (χ4n) is 1.16. The summed E-state index contributed by atoms with van der Waals surface area (Å²) in [4.78, 5) is 4.14. The van der Waals surface area contributed by atoms with Crippen LogP contribution in [0, 0.1) is 6.92 Å². The van der Waals surface area contributed by atoms with Gasteiger partial charge in [-0.1, -0.05) is 34.1 Å². The summed E-state index contributed by atoms with van der Waals surface area (Å²) in [6.07, 6.45) is 5.04. The van der Waals surface area contributed by atoms with Crippen molar-refractivity contribution in [3.63, 3.8) is 0 Å². The monoisotopic (exact) mass is 221 g/mol. The van der Waals surface area contributed by atoms with Crippen LogP contribution in [0.3, 0.4) is 0 Å². The molecule has 16 heavy (non-hydrogen) atoms. The van der Waals surface area contributed by atoms with Gasteiger partial charge in [0.15, 0.2) is 0 Å². The van der Waals surface area contributed by atoms with E-state index in [0.717, 1.165) is 16.6 Å². The van der Waals surface area contributed by atoms with E-state index in [1.165, 1.54) is 6.42 Å². The molecule has 0 saturated heterocycles. The standard InChI is InChI=1S/C8H9N3.C3H8.C2H6/c1-6-3-7-5-11(2)10-8(7)4-9-6;1-3-2;1-2/h3-5H,1-2H3;3H2,1-2H3;1-2H3. The van der Waals surface area contributed by atoms with Crippen molar-refractivity contribution in [3.05, 3.63) is 24.2 Å². The minimum atomic E-state index is 0.957. The van der Waals surface area contributed by atoms with Gasteiger partial charge in [-0.05, 0) is 13.0 Å². The molecular weight excluding hydrogens is 198 g/mol. The van der Waals surface area contributed by atoms with Crippen LogP contribution in [0.1, 0.15) is 39.8 Å². The van der Waals surface area contributed by atoms with E-state index in [0.29, 0.717) is 0 Å². The van der Waals surface area contributed by atoms with Crippen molar-refractivity contribution in [2.75, 3.05) is 0 Å². The first-order valence-electron chi connectivity index (χ1n) is 5.93. The van der Waals surface area contributed by atoms with Crippen LogP contribution in [0.5, 0.6) is 0 Å². The van der Waals surface area contributed by atoms with Gasteiger partial charge in [0, 0.05) is 24.3 Å². The summed E-state index contributed by atoms with van der Waals surface area (Å²) in [6, 6.07) is 2.03. The van der Waals surface area contributed by atoms with Crippen LogP contribution in [0.4, 0.5) is 0 Å². The molecule has 0 bridgehead atoms. The fraction of sp³-hybridized carbons (Fsp3) is 0.538. The van der Waals surface area contributed by atoms with E-state index in [-0.39, 0.29) is 0 Å². The maximum Gasteiger partial charge on any atom is 0.111 e. The minimum Gasteiger partial charge on any atom is -0.275 e. The second-order valence-corrected chi connectivity index (χ2v) is 3.39. The van der Waals surface area contributed by atoms with Gasteiger partial charge in [0.25, 0.3) is 0 Å². The highest BCUT2D eigenvalue weighted by molar-refractivity contribution is 5.77. The predicted octanol–water partition coefficient (Wildman–Crippen LogP) is 3.72. The summed E-state index contributed by atoms with van der Waals surface area (Å²) in [5, 5.41) is 5.36. The molecule has 90 valence electrons. The molecule has 0 radical (unpaired) electrons. The van der Waals surface area contributed by atoms with E-state index in [2.05, 4.69) is 23.9 Å². The number of fused-ring (bicyclic) bond motifs is 1. The van der Waals surface area contributed by atoms with E-state index in [1.807, 2.05) is 40.1 Å². The molecule has 3 heteroatoms. The summed E-state index contributed by atoms with van der Waals surface area (Å²) in [5.41, 5.74) is 1.99. The Hall–Kier alpha value is -1.38. The van der Waals surface area contributed by atoms with Crippen LogP contribution < -0.4 is 0 Å². The molecule has 0 aliphatic carbocycles. The average Bonchev–Trinajstić information content (AvgIpc) is 2.61. The zero-order valence-corrected chi connectivity index (χ0v) is 11.3. The lowest BCUT2D eigenvalue weighted by Gasteiger charge is -1.87. The van der Waals surface area contributed by atoms with Crippen LogP contribution in [-0.4, -0.2) is 14.8 Å². The van der Waals surface area contributed by atoms with Crippen LogP contribution in [0.25, 0.3) is 10.9 Å². The lowest BCUT2D eigenvalue weighted by atomic mass is 10.3. The Bertz CT molecular complexity index is 404. The first kappa shape index (κ1) is 14.6. The van der Waals surface area contributed by atoms with Crippen molar-refractivity contribution in [2.24, 2.45) is 7.05 Å². The fourth-order valence-corrected chi connectivity index (χ4v) is 1.16. The summed E-state index contributed by atoms with van der Waals surface area (Å²) >= 11 is 0. The second kappa shape index (κ2) is 7.85. The highest BCUT2D eigenvalue weighted by Gasteiger charge is 1.97. The van der Waals surface area contributed by atoms with Gasteiger partial charge in [-0.25, -0.2) is 0 Å². The van der Waals surface area contributed by atoms with E-state index in [1.54, 1.807) is 10.9 Å². The Morgan fingerprint density at radius 2 is 1.81 bits per heavy atom. The van der Waals surface area contributed by atoms with Crippen molar-refractivity contribution in [1.29, 1.82) is 0 Å². The lowest BCUT2D eigenvalue weighted by molar-refractivity contribution is 0.779. The summed E-state index contributed by atoms with van der Waals surface area (Å²) in [7, 11) is 1.91. The maximum atomic E-state index is 4.21. The molecule has 0 unspecified atom stereocenters. The van der Waals surface area contributed by atoms with Crippen molar-refractivity contribution < 1.29 is 0 Å². The first-order valence-corrected chi connectivity index (χ1v) is 5.93. The first-order chi connectivity index (χ1) is 7.67. The molecule has 0 aliphatic rings. The van der Waals surface area contributed by atoms with Gasteiger partial charge >= 0.3 is 0 Å². The third-order valence-corrected chi connectivity index (χ3v) is 1.64. The molecule has 2 rings (SSSR count). The van der Waals surface area contributed by atoms with Gasteiger partial charge < -0.3 is 0 Å². The van der Waals surface area contributed by atoms with Crippen molar-refractivity contribution in [3.8, 4) is 0 Å². The second-order valence-electron chi connectivity index (χ2n) is 3.39. The molecule has 0 aliphatic heterocycles. The van der Waals surface area contributed by atoms with Crippen LogP contribution in [0.2, 0.25) is 0 Å². The molecule has 0 N–H and O–H groups in total.